The van der Waals surface area contributed by atoms with E-state index < -0.39 is 0 Å². The summed E-state index contributed by atoms with van der Waals surface area (Å²) in [5, 5.41) is 4.45. The molecule has 0 aliphatic heterocycles. The lowest BCUT2D eigenvalue weighted by Gasteiger charge is -2.26. The van der Waals surface area contributed by atoms with Gasteiger partial charge in [0, 0.05) is 17.6 Å². The van der Waals surface area contributed by atoms with Crippen molar-refractivity contribution in [3.8, 4) is 0 Å². The molecule has 0 spiro atoms. The lowest BCUT2D eigenvalue weighted by Crippen LogP contribution is -2.30. The molecule has 1 aliphatic rings. The van der Waals surface area contributed by atoms with Crippen LogP contribution in [0.1, 0.15) is 38.1 Å². The van der Waals surface area contributed by atoms with Crippen molar-refractivity contribution in [2.45, 2.75) is 43.3 Å². The molecule has 7 heteroatoms. The number of amides is 1. The number of hydrogen-bond acceptors (Lipinski definition) is 4. The summed E-state index contributed by atoms with van der Waals surface area (Å²) in [7, 11) is 0. The van der Waals surface area contributed by atoms with Gasteiger partial charge in [0.1, 0.15) is 0 Å². The maximum absolute atomic E-state index is 13.1. The highest BCUT2D eigenvalue weighted by Gasteiger charge is 2.22. The molecule has 138 valence electrons. The number of aromatic nitrogens is 2. The molecule has 1 N–H and O–H groups in total. The van der Waals surface area contributed by atoms with E-state index >= 15 is 0 Å². The molecule has 1 aromatic heterocycles. The third-order valence-electron chi connectivity index (χ3n) is 4.55. The first-order valence-corrected chi connectivity index (χ1v) is 10.2. The van der Waals surface area contributed by atoms with Crippen LogP contribution in [0, 0.1) is 0 Å². The first-order chi connectivity index (χ1) is 12.6. The summed E-state index contributed by atoms with van der Waals surface area (Å²) in [5.41, 5.74) is 0.524. The second kappa shape index (κ2) is 8.73. The molecule has 0 radical (unpaired) electrons. The molecule has 1 saturated carbocycles. The van der Waals surface area contributed by atoms with Crippen molar-refractivity contribution in [3.05, 3.63) is 46.2 Å². The zero-order valence-corrected chi connectivity index (χ0v) is 16.1. The van der Waals surface area contributed by atoms with Crippen molar-refractivity contribution < 1.29 is 4.79 Å². The molecule has 5 nitrogen and oxygen atoms in total. The molecule has 0 atom stereocenters. The zero-order chi connectivity index (χ0) is 18.5. The summed E-state index contributed by atoms with van der Waals surface area (Å²) >= 11 is 7.36. The Morgan fingerprint density at radius 3 is 2.88 bits per heavy atom. The first kappa shape index (κ1) is 19.0. The number of halogens is 1. The number of nitrogens with zero attached hydrogens (tertiary/aromatic N) is 2. The molecular formula is C19H22ClN3O2S. The lowest BCUT2D eigenvalue weighted by atomic mass is 9.95. The second-order valence-corrected chi connectivity index (χ2v) is 7.78. The number of rotatable bonds is 6. The van der Waals surface area contributed by atoms with Gasteiger partial charge in [-0.25, -0.2) is 4.98 Å². The van der Waals surface area contributed by atoms with Crippen LogP contribution in [0.2, 0.25) is 5.02 Å². The van der Waals surface area contributed by atoms with Gasteiger partial charge in [0.2, 0.25) is 5.91 Å². The predicted molar refractivity (Wildman–Crippen MR) is 107 cm³/mol. The van der Waals surface area contributed by atoms with E-state index in [1.165, 1.54) is 18.2 Å². The monoisotopic (exact) mass is 391 g/mol. The highest BCUT2D eigenvalue weighted by molar-refractivity contribution is 7.99. The van der Waals surface area contributed by atoms with Gasteiger partial charge in [-0.2, -0.15) is 0 Å². The van der Waals surface area contributed by atoms with Gasteiger partial charge in [-0.05, 0) is 31.0 Å². The molecule has 26 heavy (non-hydrogen) atoms. The van der Waals surface area contributed by atoms with Gasteiger partial charge < -0.3 is 5.32 Å². The average molecular weight is 392 g/mol. The van der Waals surface area contributed by atoms with E-state index in [2.05, 4.69) is 16.9 Å². The Bertz CT molecular complexity index is 875. The minimum atomic E-state index is -0.106. The van der Waals surface area contributed by atoms with Crippen LogP contribution in [0.15, 0.2) is 40.8 Å². The third-order valence-corrected chi connectivity index (χ3v) is 5.73. The summed E-state index contributed by atoms with van der Waals surface area (Å²) in [6, 6.07) is 5.29. The number of thioether (sulfide) groups is 1. The Morgan fingerprint density at radius 1 is 1.38 bits per heavy atom. The topological polar surface area (TPSA) is 64.0 Å². The Kier molecular flexibility index (Phi) is 6.38. The van der Waals surface area contributed by atoms with E-state index in [0.29, 0.717) is 27.6 Å². The van der Waals surface area contributed by atoms with E-state index in [9.17, 15) is 9.59 Å². The molecule has 0 saturated heterocycles. The maximum atomic E-state index is 13.1. The predicted octanol–water partition coefficient (Wildman–Crippen LogP) is 3.95. The molecule has 0 unspecified atom stereocenters. The molecular weight excluding hydrogens is 370 g/mol. The molecule has 1 aromatic carbocycles. The van der Waals surface area contributed by atoms with Gasteiger partial charge in [-0.3, -0.25) is 14.2 Å². The number of hydrogen-bond donors (Lipinski definition) is 1. The van der Waals surface area contributed by atoms with Crippen LogP contribution in [0.5, 0.6) is 0 Å². The standard InChI is InChI=1S/C19H22ClN3O2S/c1-2-10-21-17(24)12-26-19-22-16-11-13(20)8-9-15(16)18(25)23(19)14-6-4-3-5-7-14/h2,8-9,11,14H,1,3-7,10,12H2,(H,21,24). The van der Waals surface area contributed by atoms with Crippen molar-refractivity contribution in [1.29, 1.82) is 0 Å². The molecule has 2 aromatic rings. The van der Waals surface area contributed by atoms with E-state index in [0.717, 1.165) is 25.7 Å². The highest BCUT2D eigenvalue weighted by Crippen LogP contribution is 2.31. The van der Waals surface area contributed by atoms with Crippen LogP contribution in [-0.2, 0) is 4.79 Å². The average Bonchev–Trinajstić information content (AvgIpc) is 2.65. The van der Waals surface area contributed by atoms with Crippen molar-refractivity contribution in [2.24, 2.45) is 0 Å². The summed E-state index contributed by atoms with van der Waals surface area (Å²) in [4.78, 5) is 29.7. The first-order valence-electron chi connectivity index (χ1n) is 8.82. The fourth-order valence-corrected chi connectivity index (χ4v) is 4.34. The van der Waals surface area contributed by atoms with Gasteiger partial charge in [0.15, 0.2) is 5.16 Å². The van der Waals surface area contributed by atoms with E-state index in [1.54, 1.807) is 28.8 Å². The fraction of sp³-hybridized carbons (Fsp3) is 0.421. The number of nitrogens with one attached hydrogen (secondary N) is 1. The van der Waals surface area contributed by atoms with Gasteiger partial charge >= 0.3 is 0 Å². The molecule has 3 rings (SSSR count). The Balaban J connectivity index is 1.98. The third kappa shape index (κ3) is 4.30. The van der Waals surface area contributed by atoms with Crippen LogP contribution in [-0.4, -0.2) is 27.8 Å². The smallest absolute Gasteiger partial charge is 0.262 e. The summed E-state index contributed by atoms with van der Waals surface area (Å²) in [6.45, 7) is 4.01. The lowest BCUT2D eigenvalue weighted by molar-refractivity contribution is -0.118. The highest BCUT2D eigenvalue weighted by atomic mass is 35.5. The Labute approximate surface area is 161 Å². The second-order valence-electron chi connectivity index (χ2n) is 6.40. The molecule has 0 bridgehead atoms. The van der Waals surface area contributed by atoms with Gasteiger partial charge in [-0.15, -0.1) is 6.58 Å². The van der Waals surface area contributed by atoms with Crippen molar-refractivity contribution >= 4 is 40.2 Å². The fourth-order valence-electron chi connectivity index (χ4n) is 3.28. The van der Waals surface area contributed by atoms with Crippen molar-refractivity contribution in [3.63, 3.8) is 0 Å². The minimum Gasteiger partial charge on any atom is -0.352 e. The zero-order valence-electron chi connectivity index (χ0n) is 14.5. The summed E-state index contributed by atoms with van der Waals surface area (Å²) in [6.07, 6.45) is 7.00. The Hall–Kier alpha value is -1.79. The molecule has 1 fully saturated rings. The number of fused-ring (bicyclic) bond motifs is 1. The van der Waals surface area contributed by atoms with E-state index in [-0.39, 0.29) is 23.3 Å². The largest absolute Gasteiger partial charge is 0.352 e. The van der Waals surface area contributed by atoms with Crippen LogP contribution >= 0.6 is 23.4 Å². The van der Waals surface area contributed by atoms with Crippen molar-refractivity contribution in [2.75, 3.05) is 12.3 Å². The van der Waals surface area contributed by atoms with Gasteiger partial charge in [0.05, 0.1) is 16.7 Å². The van der Waals surface area contributed by atoms with E-state index in [4.69, 9.17) is 11.6 Å². The maximum Gasteiger partial charge on any atom is 0.262 e. The number of carbonyl (C=O) groups excluding carboxylic acids is 1. The Morgan fingerprint density at radius 2 is 2.15 bits per heavy atom. The minimum absolute atomic E-state index is 0.0485. The number of carbonyl (C=O) groups is 1. The van der Waals surface area contributed by atoms with Crippen molar-refractivity contribution in [1.82, 2.24) is 14.9 Å². The summed E-state index contributed by atoms with van der Waals surface area (Å²) in [5.74, 6) is 0.101. The quantitative estimate of drug-likeness (QED) is 0.460. The SMILES string of the molecule is C=CCNC(=O)CSc1nc2cc(Cl)ccc2c(=O)n1C1CCCCC1. The molecule has 1 aliphatic carbocycles. The normalized spacial score (nSPS) is 15.1. The molecule has 1 amide bonds. The summed E-state index contributed by atoms with van der Waals surface area (Å²) < 4.78 is 1.79. The van der Waals surface area contributed by atoms with Crippen LogP contribution in [0.3, 0.4) is 0 Å². The van der Waals surface area contributed by atoms with Gasteiger partial charge in [0.25, 0.3) is 5.56 Å². The number of benzene rings is 1. The van der Waals surface area contributed by atoms with Crippen LogP contribution < -0.4 is 10.9 Å². The van der Waals surface area contributed by atoms with Crippen LogP contribution in [0.25, 0.3) is 10.9 Å². The van der Waals surface area contributed by atoms with E-state index in [1.807, 2.05) is 0 Å². The molecule has 1 heterocycles. The van der Waals surface area contributed by atoms with Crippen LogP contribution in [0.4, 0.5) is 0 Å². The van der Waals surface area contributed by atoms with Gasteiger partial charge in [-0.1, -0.05) is 48.7 Å².